The molecule has 1 saturated heterocycles. The second-order valence-corrected chi connectivity index (χ2v) is 12.6. The number of hydrogen-bond donors (Lipinski definition) is 2. The Balaban J connectivity index is 1.52. The second-order valence-electron chi connectivity index (χ2n) is 12.6. The summed E-state index contributed by atoms with van der Waals surface area (Å²) in [6.07, 6.45) is 3.05. The predicted molar refractivity (Wildman–Crippen MR) is 161 cm³/mol. The van der Waals surface area contributed by atoms with Crippen LogP contribution in [0.1, 0.15) is 69.2 Å². The van der Waals surface area contributed by atoms with Crippen molar-refractivity contribution in [3.05, 3.63) is 69.8 Å². The minimum Gasteiger partial charge on any atom is -0.369 e. The van der Waals surface area contributed by atoms with Crippen molar-refractivity contribution in [2.24, 2.45) is 11.7 Å². The molecular weight excluding hydrogens is 544 g/mol. The van der Waals surface area contributed by atoms with Gasteiger partial charge in [0.15, 0.2) is 0 Å². The molecule has 43 heavy (non-hydrogen) atoms. The molecule has 2 fully saturated rings. The first-order valence-electron chi connectivity index (χ1n) is 14.8. The van der Waals surface area contributed by atoms with E-state index in [1.165, 1.54) is 9.80 Å². The number of fused-ring (bicyclic) bond motifs is 3. The number of benzene rings is 2. The molecule has 1 aliphatic heterocycles. The fourth-order valence-corrected chi connectivity index (χ4v) is 7.03. The number of piperidine rings is 1. The molecule has 4 amide bonds. The molecule has 1 saturated carbocycles. The van der Waals surface area contributed by atoms with Crippen LogP contribution in [0.4, 0.5) is 0 Å². The number of nitrogens with one attached hydrogen (secondary N) is 1. The number of likely N-dealkylation sites (tertiary alicyclic amines) is 1. The molecule has 226 valence electrons. The summed E-state index contributed by atoms with van der Waals surface area (Å²) in [6, 6.07) is 12.5. The summed E-state index contributed by atoms with van der Waals surface area (Å²) in [4.78, 5) is 57.4. The van der Waals surface area contributed by atoms with E-state index in [0.29, 0.717) is 29.9 Å². The van der Waals surface area contributed by atoms with E-state index in [4.69, 9.17) is 5.73 Å². The fraction of sp³-hybridized carbons (Fsp3) is 0.485. The summed E-state index contributed by atoms with van der Waals surface area (Å²) < 4.78 is 0. The van der Waals surface area contributed by atoms with E-state index in [9.17, 15) is 24.4 Å². The van der Waals surface area contributed by atoms with E-state index < -0.39 is 11.3 Å². The lowest BCUT2D eigenvalue weighted by Crippen LogP contribution is -2.49. The summed E-state index contributed by atoms with van der Waals surface area (Å²) in [6.45, 7) is 1.96. The van der Waals surface area contributed by atoms with Crippen molar-refractivity contribution in [1.82, 2.24) is 20.0 Å². The second kappa shape index (κ2) is 11.5. The van der Waals surface area contributed by atoms with Gasteiger partial charge in [-0.05, 0) is 91.5 Å². The Bertz CT molecular complexity index is 1450. The Kier molecular flexibility index (Phi) is 8.05. The topological polar surface area (TPSA) is 140 Å². The molecule has 3 aliphatic rings. The zero-order valence-electron chi connectivity index (χ0n) is 25.5. The molecule has 0 aromatic heterocycles. The van der Waals surface area contributed by atoms with Gasteiger partial charge in [0.25, 0.3) is 11.8 Å². The van der Waals surface area contributed by atoms with Gasteiger partial charge >= 0.3 is 0 Å². The summed E-state index contributed by atoms with van der Waals surface area (Å²) in [7, 11) is 6.78. The Morgan fingerprint density at radius 2 is 1.51 bits per heavy atom. The molecule has 10 heteroatoms. The predicted octanol–water partition coefficient (Wildman–Crippen LogP) is 1.84. The number of nitriles is 1. The quantitative estimate of drug-likeness (QED) is 0.485. The van der Waals surface area contributed by atoms with Gasteiger partial charge in [0.1, 0.15) is 11.5 Å². The smallest absolute Gasteiger partial charge is 0.253 e. The zero-order chi connectivity index (χ0) is 31.2. The van der Waals surface area contributed by atoms with Crippen molar-refractivity contribution < 1.29 is 19.2 Å². The minimum absolute atomic E-state index is 0.0453. The lowest BCUT2D eigenvalue weighted by Gasteiger charge is -2.36. The largest absolute Gasteiger partial charge is 0.369 e. The van der Waals surface area contributed by atoms with Crippen LogP contribution in [0.2, 0.25) is 0 Å². The highest BCUT2D eigenvalue weighted by atomic mass is 16.2. The zero-order valence-corrected chi connectivity index (χ0v) is 25.5. The van der Waals surface area contributed by atoms with Crippen LogP contribution in [-0.4, -0.2) is 91.2 Å². The third kappa shape index (κ3) is 5.38. The summed E-state index contributed by atoms with van der Waals surface area (Å²) >= 11 is 0. The van der Waals surface area contributed by atoms with Crippen LogP contribution in [0.15, 0.2) is 36.4 Å². The molecular formula is C33H40N6O4. The number of carbonyl (C=O) groups excluding carboxylic acids is 4. The molecule has 3 N–H and O–H groups in total. The summed E-state index contributed by atoms with van der Waals surface area (Å²) in [5.41, 5.74) is 9.24. The maximum absolute atomic E-state index is 13.8. The van der Waals surface area contributed by atoms with Crippen molar-refractivity contribution in [3.8, 4) is 6.07 Å². The van der Waals surface area contributed by atoms with Gasteiger partial charge in [-0.1, -0.05) is 12.1 Å². The van der Waals surface area contributed by atoms with Crippen LogP contribution in [-0.2, 0) is 27.8 Å². The Morgan fingerprint density at radius 1 is 0.977 bits per heavy atom. The average Bonchev–Trinajstić information content (AvgIpc) is 3.67. The molecule has 1 heterocycles. The molecule has 0 radical (unpaired) electrons. The third-order valence-corrected chi connectivity index (χ3v) is 9.28. The number of rotatable bonds is 8. The number of nitrogens with two attached hydrogens (primary N) is 1. The Hall–Kier alpha value is -4.23. The number of nitrogens with zero attached hydrogens (tertiary/aromatic N) is 4. The van der Waals surface area contributed by atoms with Crippen LogP contribution in [0, 0.1) is 17.2 Å². The molecule has 0 bridgehead atoms. The molecule has 10 nitrogen and oxygen atoms in total. The highest BCUT2D eigenvalue weighted by Gasteiger charge is 2.54. The number of amides is 4. The Labute approximate surface area is 252 Å². The van der Waals surface area contributed by atoms with E-state index in [-0.39, 0.29) is 48.8 Å². The summed E-state index contributed by atoms with van der Waals surface area (Å²) in [5, 5.41) is 12.8. The van der Waals surface area contributed by atoms with Crippen molar-refractivity contribution >= 4 is 23.6 Å². The normalized spacial score (nSPS) is 21.8. The highest BCUT2D eigenvalue weighted by molar-refractivity contribution is 5.97. The van der Waals surface area contributed by atoms with E-state index in [1.807, 2.05) is 31.2 Å². The standard InChI is InChI=1S/C33H40N6O4/c1-19(36-18-29(40)39-25(17-34)14-24-15-28(24)39)16-33(32(35)43)26-10-8-22(30(41)37(2)3)12-20(26)6-7-21-13-23(9-11-27(21)33)31(42)38(4)5/h8-13,19,24-25,28,36H,6-7,14-16,18H2,1-5H3,(H2,35,43)/t19-,24-,25+,28+/m1/s1. The van der Waals surface area contributed by atoms with Crippen LogP contribution >= 0.6 is 0 Å². The lowest BCUT2D eigenvalue weighted by molar-refractivity contribution is -0.131. The van der Waals surface area contributed by atoms with Gasteiger partial charge in [0.05, 0.1) is 12.6 Å². The SMILES string of the molecule is C[C@H](CC1(C(N)=O)c2ccc(C(=O)N(C)C)cc2CCc2cc(C(=O)N(C)C)ccc21)NCC(=O)N1[C@H](C#N)C[C@@H]2C[C@@H]21. The van der Waals surface area contributed by atoms with Crippen molar-refractivity contribution in [3.63, 3.8) is 0 Å². The molecule has 0 unspecified atom stereocenters. The molecule has 2 aliphatic carbocycles. The van der Waals surface area contributed by atoms with Gasteiger partial charge in [-0.25, -0.2) is 0 Å². The van der Waals surface area contributed by atoms with Crippen LogP contribution in [0.25, 0.3) is 0 Å². The molecule has 2 aromatic rings. The lowest BCUT2D eigenvalue weighted by atomic mass is 9.68. The van der Waals surface area contributed by atoms with Crippen molar-refractivity contribution in [2.75, 3.05) is 34.7 Å². The first-order valence-corrected chi connectivity index (χ1v) is 14.8. The number of aryl methyl sites for hydroxylation is 2. The van der Waals surface area contributed by atoms with Crippen molar-refractivity contribution in [2.45, 2.75) is 62.6 Å². The van der Waals surface area contributed by atoms with Crippen LogP contribution in [0.3, 0.4) is 0 Å². The van der Waals surface area contributed by atoms with Crippen molar-refractivity contribution in [1.29, 1.82) is 5.26 Å². The van der Waals surface area contributed by atoms with Crippen LogP contribution in [0.5, 0.6) is 0 Å². The van der Waals surface area contributed by atoms with Gasteiger partial charge < -0.3 is 25.8 Å². The molecule has 0 spiro atoms. The van der Waals surface area contributed by atoms with E-state index >= 15 is 0 Å². The number of carbonyl (C=O) groups is 4. The Morgan fingerprint density at radius 3 is 1.98 bits per heavy atom. The number of hydrogen-bond acceptors (Lipinski definition) is 6. The molecule has 5 rings (SSSR count). The average molecular weight is 585 g/mol. The minimum atomic E-state index is -1.28. The van der Waals surface area contributed by atoms with Gasteiger partial charge in [0.2, 0.25) is 11.8 Å². The molecule has 4 atom stereocenters. The first kappa shape index (κ1) is 30.2. The third-order valence-electron chi connectivity index (χ3n) is 9.28. The highest BCUT2D eigenvalue weighted by Crippen LogP contribution is 2.48. The first-order chi connectivity index (χ1) is 20.4. The van der Waals surface area contributed by atoms with Gasteiger partial charge in [0, 0.05) is 51.4 Å². The van der Waals surface area contributed by atoms with Gasteiger partial charge in [-0.2, -0.15) is 5.26 Å². The fourth-order valence-electron chi connectivity index (χ4n) is 7.03. The maximum Gasteiger partial charge on any atom is 0.253 e. The monoisotopic (exact) mass is 584 g/mol. The van der Waals surface area contributed by atoms with Gasteiger partial charge in [-0.15, -0.1) is 0 Å². The van der Waals surface area contributed by atoms with E-state index in [2.05, 4.69) is 11.4 Å². The van der Waals surface area contributed by atoms with Gasteiger partial charge in [-0.3, -0.25) is 19.2 Å². The van der Waals surface area contributed by atoms with Crippen LogP contribution < -0.4 is 11.1 Å². The number of primary amides is 1. The molecule has 2 aromatic carbocycles. The maximum atomic E-state index is 13.8. The van der Waals surface area contributed by atoms with E-state index in [0.717, 1.165) is 35.1 Å². The summed E-state index contributed by atoms with van der Waals surface area (Å²) in [5.74, 6) is -0.511. The van der Waals surface area contributed by atoms with E-state index in [1.54, 1.807) is 45.2 Å².